The second-order valence-electron chi connectivity index (χ2n) is 3.96. The maximum atomic E-state index is 13.1. The molecular weight excluding hydrogens is 215 g/mol. The smallest absolute Gasteiger partial charge is 0.126 e. The van der Waals surface area contributed by atoms with Crippen molar-refractivity contribution in [1.82, 2.24) is 0 Å². The van der Waals surface area contributed by atoms with Crippen LogP contribution in [-0.2, 0) is 4.74 Å². The molecule has 1 aliphatic heterocycles. The predicted octanol–water partition coefficient (Wildman–Crippen LogP) is 3.59. The molecule has 1 saturated heterocycles. The van der Waals surface area contributed by atoms with Crippen LogP contribution in [0.4, 0.5) is 4.39 Å². The standard InChI is InChI=1S/C12H14ClFO/c1-8-7-9(4-5-10(8)14)12(13)11-3-2-6-15-11/h4-5,7,11-12H,2-3,6H2,1H3. The van der Waals surface area contributed by atoms with Gasteiger partial charge < -0.3 is 4.74 Å². The molecule has 0 saturated carbocycles. The first-order valence-corrected chi connectivity index (χ1v) is 5.64. The minimum atomic E-state index is -0.185. The molecule has 1 fully saturated rings. The highest BCUT2D eigenvalue weighted by Crippen LogP contribution is 2.32. The van der Waals surface area contributed by atoms with Crippen LogP contribution >= 0.6 is 11.6 Å². The molecule has 0 radical (unpaired) electrons. The second-order valence-corrected chi connectivity index (χ2v) is 4.43. The number of benzene rings is 1. The highest BCUT2D eigenvalue weighted by atomic mass is 35.5. The number of hydrogen-bond acceptors (Lipinski definition) is 1. The molecule has 0 bridgehead atoms. The Morgan fingerprint density at radius 1 is 1.53 bits per heavy atom. The van der Waals surface area contributed by atoms with Crippen LogP contribution in [0.3, 0.4) is 0 Å². The van der Waals surface area contributed by atoms with Crippen molar-refractivity contribution in [3.63, 3.8) is 0 Å². The molecule has 3 heteroatoms. The summed E-state index contributed by atoms with van der Waals surface area (Å²) in [5.41, 5.74) is 1.58. The van der Waals surface area contributed by atoms with Gasteiger partial charge in [0.1, 0.15) is 5.82 Å². The summed E-state index contributed by atoms with van der Waals surface area (Å²) in [7, 11) is 0. The summed E-state index contributed by atoms with van der Waals surface area (Å²) in [6, 6.07) is 5.01. The van der Waals surface area contributed by atoms with E-state index in [1.807, 2.05) is 0 Å². The Bertz CT molecular complexity index is 347. The van der Waals surface area contributed by atoms with E-state index in [2.05, 4.69) is 0 Å². The van der Waals surface area contributed by atoms with Crippen molar-refractivity contribution in [2.75, 3.05) is 6.61 Å². The van der Waals surface area contributed by atoms with Gasteiger partial charge in [-0.05, 0) is 37.0 Å². The van der Waals surface area contributed by atoms with Crippen molar-refractivity contribution in [3.05, 3.63) is 35.1 Å². The zero-order valence-corrected chi connectivity index (χ0v) is 9.43. The van der Waals surface area contributed by atoms with Gasteiger partial charge >= 0.3 is 0 Å². The van der Waals surface area contributed by atoms with Gasteiger partial charge in [0.15, 0.2) is 0 Å². The van der Waals surface area contributed by atoms with E-state index >= 15 is 0 Å². The van der Waals surface area contributed by atoms with Gasteiger partial charge in [0.05, 0.1) is 11.5 Å². The highest BCUT2D eigenvalue weighted by Gasteiger charge is 2.25. The average molecular weight is 229 g/mol. The fourth-order valence-corrected chi connectivity index (χ4v) is 2.22. The first-order valence-electron chi connectivity index (χ1n) is 5.20. The van der Waals surface area contributed by atoms with E-state index in [9.17, 15) is 4.39 Å². The Kier molecular flexibility index (Phi) is 3.27. The van der Waals surface area contributed by atoms with E-state index in [-0.39, 0.29) is 17.3 Å². The third-order valence-electron chi connectivity index (χ3n) is 2.79. The van der Waals surface area contributed by atoms with Crippen LogP contribution in [0.5, 0.6) is 0 Å². The Hall–Kier alpha value is -0.600. The van der Waals surface area contributed by atoms with E-state index in [1.54, 1.807) is 19.1 Å². The van der Waals surface area contributed by atoms with Crippen LogP contribution in [0.25, 0.3) is 0 Å². The van der Waals surface area contributed by atoms with Crippen LogP contribution in [-0.4, -0.2) is 12.7 Å². The van der Waals surface area contributed by atoms with Crippen LogP contribution in [0, 0.1) is 12.7 Å². The number of aryl methyl sites for hydroxylation is 1. The minimum absolute atomic E-state index is 0.0801. The van der Waals surface area contributed by atoms with E-state index in [4.69, 9.17) is 16.3 Å². The van der Waals surface area contributed by atoms with Gasteiger partial charge in [-0.15, -0.1) is 11.6 Å². The first kappa shape index (κ1) is 10.9. The molecule has 15 heavy (non-hydrogen) atoms. The van der Waals surface area contributed by atoms with Gasteiger partial charge in [-0.25, -0.2) is 4.39 Å². The van der Waals surface area contributed by atoms with Gasteiger partial charge in [-0.3, -0.25) is 0 Å². The number of rotatable bonds is 2. The lowest BCUT2D eigenvalue weighted by atomic mass is 10.0. The van der Waals surface area contributed by atoms with Gasteiger partial charge in [-0.1, -0.05) is 12.1 Å². The normalized spacial score (nSPS) is 23.0. The summed E-state index contributed by atoms with van der Waals surface area (Å²) >= 11 is 6.29. The fraction of sp³-hybridized carbons (Fsp3) is 0.500. The Morgan fingerprint density at radius 3 is 2.93 bits per heavy atom. The van der Waals surface area contributed by atoms with Crippen LogP contribution in [0.2, 0.25) is 0 Å². The molecule has 82 valence electrons. The number of halogens is 2. The lowest BCUT2D eigenvalue weighted by molar-refractivity contribution is 0.107. The maximum absolute atomic E-state index is 13.1. The van der Waals surface area contributed by atoms with E-state index in [0.717, 1.165) is 25.0 Å². The zero-order valence-electron chi connectivity index (χ0n) is 8.67. The largest absolute Gasteiger partial charge is 0.376 e. The van der Waals surface area contributed by atoms with Crippen molar-refractivity contribution in [1.29, 1.82) is 0 Å². The van der Waals surface area contributed by atoms with Gasteiger partial charge in [-0.2, -0.15) is 0 Å². The van der Waals surface area contributed by atoms with E-state index in [0.29, 0.717) is 5.56 Å². The summed E-state index contributed by atoms with van der Waals surface area (Å²) in [5.74, 6) is -0.185. The zero-order chi connectivity index (χ0) is 10.8. The topological polar surface area (TPSA) is 9.23 Å². The first-order chi connectivity index (χ1) is 7.18. The fourth-order valence-electron chi connectivity index (χ4n) is 1.89. The monoisotopic (exact) mass is 228 g/mol. The van der Waals surface area contributed by atoms with Gasteiger partial charge in [0.2, 0.25) is 0 Å². The lowest BCUT2D eigenvalue weighted by Crippen LogP contribution is -2.12. The molecule has 2 atom stereocenters. The van der Waals surface area contributed by atoms with Crippen LogP contribution in [0.1, 0.15) is 29.3 Å². The molecule has 1 aliphatic rings. The number of ether oxygens (including phenoxy) is 1. The molecular formula is C12H14ClFO. The van der Waals surface area contributed by atoms with E-state index in [1.165, 1.54) is 6.07 Å². The number of alkyl halides is 1. The maximum Gasteiger partial charge on any atom is 0.126 e. The lowest BCUT2D eigenvalue weighted by Gasteiger charge is -2.17. The predicted molar refractivity (Wildman–Crippen MR) is 58.7 cm³/mol. The van der Waals surface area contributed by atoms with Crippen molar-refractivity contribution in [2.45, 2.75) is 31.2 Å². The average Bonchev–Trinajstić information content (AvgIpc) is 2.74. The molecule has 2 rings (SSSR count). The molecule has 0 N–H and O–H groups in total. The third-order valence-corrected chi connectivity index (χ3v) is 3.32. The molecule has 0 amide bonds. The molecule has 0 aromatic heterocycles. The SMILES string of the molecule is Cc1cc(C(Cl)C2CCCO2)ccc1F. The number of hydrogen-bond donors (Lipinski definition) is 0. The quantitative estimate of drug-likeness (QED) is 0.703. The van der Waals surface area contributed by atoms with Crippen molar-refractivity contribution < 1.29 is 9.13 Å². The molecule has 1 aromatic rings. The van der Waals surface area contributed by atoms with Gasteiger partial charge in [0.25, 0.3) is 0 Å². The minimum Gasteiger partial charge on any atom is -0.376 e. The second kappa shape index (κ2) is 4.50. The molecule has 2 unspecified atom stereocenters. The van der Waals surface area contributed by atoms with Crippen molar-refractivity contribution in [3.8, 4) is 0 Å². The third kappa shape index (κ3) is 2.32. The van der Waals surface area contributed by atoms with E-state index < -0.39 is 0 Å². The molecule has 0 aliphatic carbocycles. The molecule has 0 spiro atoms. The molecule has 1 heterocycles. The highest BCUT2D eigenvalue weighted by molar-refractivity contribution is 6.21. The van der Waals surface area contributed by atoms with Crippen molar-refractivity contribution in [2.24, 2.45) is 0 Å². The molecule has 1 nitrogen and oxygen atoms in total. The Balaban J connectivity index is 2.17. The summed E-state index contributed by atoms with van der Waals surface area (Å²) in [4.78, 5) is 0. The molecule has 1 aromatic carbocycles. The van der Waals surface area contributed by atoms with Crippen LogP contribution in [0.15, 0.2) is 18.2 Å². The van der Waals surface area contributed by atoms with Crippen molar-refractivity contribution >= 4 is 11.6 Å². The van der Waals surface area contributed by atoms with Gasteiger partial charge in [0, 0.05) is 6.61 Å². The van der Waals surface area contributed by atoms with Crippen LogP contribution < -0.4 is 0 Å². The Labute approximate surface area is 94.2 Å². The Morgan fingerprint density at radius 2 is 2.33 bits per heavy atom. The summed E-state index contributed by atoms with van der Waals surface area (Å²) in [5, 5.41) is -0.160. The summed E-state index contributed by atoms with van der Waals surface area (Å²) in [6.45, 7) is 2.53. The summed E-state index contributed by atoms with van der Waals surface area (Å²) < 4.78 is 18.6. The summed E-state index contributed by atoms with van der Waals surface area (Å²) in [6.07, 6.45) is 2.13.